The lowest BCUT2D eigenvalue weighted by atomic mass is 9.85. The second-order valence-corrected chi connectivity index (χ2v) is 16.3. The van der Waals surface area contributed by atoms with E-state index in [2.05, 4.69) is 26.0 Å². The van der Waals surface area contributed by atoms with Crippen molar-refractivity contribution in [1.29, 1.82) is 0 Å². The first-order valence-corrected chi connectivity index (χ1v) is 22.5. The molecule has 0 aromatic rings. The third-order valence-electron chi connectivity index (χ3n) is 9.86. The molecule has 0 saturated heterocycles. The molecule has 0 aliphatic heterocycles. The number of allylic oxidation sites excluding steroid dienone is 2. The van der Waals surface area contributed by atoms with Crippen LogP contribution >= 0.6 is 7.82 Å². The number of carbonyl (C=O) groups excluding carboxylic acids is 2. The molecule has 0 spiro atoms. The maximum atomic E-state index is 12.8. The lowest BCUT2D eigenvalue weighted by Crippen LogP contribution is -2.64. The molecule has 6 N–H and O–H groups in total. The lowest BCUT2D eigenvalue weighted by Gasteiger charge is -2.41. The number of phosphoric acid groups is 1. The summed E-state index contributed by atoms with van der Waals surface area (Å²) in [5.74, 6) is -1.11. The highest BCUT2D eigenvalue weighted by atomic mass is 31.2. The lowest BCUT2D eigenvalue weighted by molar-refractivity contribution is -0.220. The molecule has 14 heteroatoms. The standard InChI is InChI=1S/C40H75O13P/c1-3-5-7-9-11-13-15-16-17-19-20-22-24-26-28-33(41)50-30-32(52-34(42)29-27-25-23-21-18-14-12-10-8-6-4-2)31-51-54(48,49)53-40-38(46)36(44)35(43)37(45)39(40)47/h10,12,32,35-40,43-47H,3-9,11,13-31H2,1-2H3,(H,48,49). The van der Waals surface area contributed by atoms with Crippen LogP contribution in [0.1, 0.15) is 174 Å². The van der Waals surface area contributed by atoms with Crippen LogP contribution in [0.15, 0.2) is 12.2 Å². The smallest absolute Gasteiger partial charge is 0.462 e. The van der Waals surface area contributed by atoms with Gasteiger partial charge in [-0.15, -0.1) is 0 Å². The molecule has 1 aliphatic rings. The van der Waals surface area contributed by atoms with E-state index in [1.165, 1.54) is 77.0 Å². The first-order chi connectivity index (χ1) is 25.9. The van der Waals surface area contributed by atoms with Crippen molar-refractivity contribution in [2.45, 2.75) is 217 Å². The molecule has 13 nitrogen and oxygen atoms in total. The summed E-state index contributed by atoms with van der Waals surface area (Å²) in [4.78, 5) is 35.5. The van der Waals surface area contributed by atoms with Crippen LogP contribution in [0.3, 0.4) is 0 Å². The molecule has 1 rings (SSSR count). The Balaban J connectivity index is 2.50. The Kier molecular flexibility index (Phi) is 29.7. The summed E-state index contributed by atoms with van der Waals surface area (Å²) in [6, 6.07) is 0. The fraction of sp³-hybridized carbons (Fsp3) is 0.900. The summed E-state index contributed by atoms with van der Waals surface area (Å²) in [5, 5.41) is 50.0. The van der Waals surface area contributed by atoms with E-state index in [-0.39, 0.29) is 12.8 Å². The van der Waals surface area contributed by atoms with Gasteiger partial charge in [-0.25, -0.2) is 4.57 Å². The normalized spacial score (nSPS) is 23.3. The van der Waals surface area contributed by atoms with Gasteiger partial charge in [0.25, 0.3) is 0 Å². The predicted molar refractivity (Wildman–Crippen MR) is 207 cm³/mol. The summed E-state index contributed by atoms with van der Waals surface area (Å²) in [6.07, 6.45) is 17.1. The van der Waals surface area contributed by atoms with E-state index in [1.807, 2.05) is 0 Å². The largest absolute Gasteiger partial charge is 0.472 e. The molecule has 0 aromatic carbocycles. The third kappa shape index (κ3) is 24.3. The number of carbonyl (C=O) groups is 2. The molecule has 318 valence electrons. The second kappa shape index (κ2) is 31.6. The van der Waals surface area contributed by atoms with Crippen LogP contribution in [-0.4, -0.2) is 98.3 Å². The van der Waals surface area contributed by atoms with Gasteiger partial charge in [-0.05, 0) is 32.1 Å². The van der Waals surface area contributed by atoms with Gasteiger partial charge in [0.1, 0.15) is 43.2 Å². The van der Waals surface area contributed by atoms with Gasteiger partial charge in [-0.1, -0.05) is 142 Å². The first-order valence-electron chi connectivity index (χ1n) is 21.0. The molecule has 0 amide bonds. The summed E-state index contributed by atoms with van der Waals surface area (Å²) in [5.41, 5.74) is 0. The number of unbranched alkanes of at least 4 members (excludes halogenated alkanes) is 20. The van der Waals surface area contributed by atoms with Crippen LogP contribution < -0.4 is 0 Å². The molecule has 1 fully saturated rings. The number of ether oxygens (including phenoxy) is 2. The first kappa shape index (κ1) is 50.6. The van der Waals surface area contributed by atoms with Gasteiger partial charge in [-0.3, -0.25) is 18.6 Å². The summed E-state index contributed by atoms with van der Waals surface area (Å²) >= 11 is 0. The van der Waals surface area contributed by atoms with Crippen LogP contribution in [0.5, 0.6) is 0 Å². The number of rotatable bonds is 34. The minimum atomic E-state index is -5.11. The summed E-state index contributed by atoms with van der Waals surface area (Å²) in [6.45, 7) is 3.23. The topological polar surface area (TPSA) is 210 Å². The molecule has 1 saturated carbocycles. The van der Waals surface area contributed by atoms with E-state index in [4.69, 9.17) is 18.5 Å². The van der Waals surface area contributed by atoms with Gasteiger partial charge < -0.3 is 39.9 Å². The van der Waals surface area contributed by atoms with Crippen molar-refractivity contribution in [3.05, 3.63) is 12.2 Å². The average Bonchev–Trinajstić information content (AvgIpc) is 3.15. The highest BCUT2D eigenvalue weighted by molar-refractivity contribution is 7.47. The second-order valence-electron chi connectivity index (χ2n) is 14.8. The van der Waals surface area contributed by atoms with E-state index < -0.39 is 75.7 Å². The van der Waals surface area contributed by atoms with Crippen molar-refractivity contribution in [3.8, 4) is 0 Å². The molecule has 1 aliphatic carbocycles. The number of esters is 2. The molecule has 0 radical (unpaired) electrons. The van der Waals surface area contributed by atoms with Crippen LogP contribution in [0, 0.1) is 0 Å². The van der Waals surface area contributed by atoms with Crippen molar-refractivity contribution < 1.29 is 63.1 Å². The highest BCUT2D eigenvalue weighted by Gasteiger charge is 2.51. The van der Waals surface area contributed by atoms with Crippen molar-refractivity contribution in [3.63, 3.8) is 0 Å². The molecular weight excluding hydrogens is 719 g/mol. The van der Waals surface area contributed by atoms with E-state index in [9.17, 15) is 44.6 Å². The quantitative estimate of drug-likeness (QED) is 0.0166. The van der Waals surface area contributed by atoms with Crippen molar-refractivity contribution in [2.75, 3.05) is 13.2 Å². The number of aliphatic hydroxyl groups excluding tert-OH is 5. The summed E-state index contributed by atoms with van der Waals surface area (Å²) in [7, 11) is -5.11. The van der Waals surface area contributed by atoms with Crippen LogP contribution in [-0.2, 0) is 32.7 Å². The molecule has 0 heterocycles. The molecular formula is C40H75O13P. The number of aliphatic hydroxyl groups is 5. The minimum absolute atomic E-state index is 0.0895. The van der Waals surface area contributed by atoms with Gasteiger partial charge in [0, 0.05) is 12.8 Å². The maximum absolute atomic E-state index is 12.8. The molecule has 0 bridgehead atoms. The Hall–Kier alpha value is -1.41. The van der Waals surface area contributed by atoms with E-state index in [0.29, 0.717) is 12.8 Å². The van der Waals surface area contributed by atoms with Gasteiger partial charge in [-0.2, -0.15) is 0 Å². The van der Waals surface area contributed by atoms with Crippen molar-refractivity contribution in [1.82, 2.24) is 0 Å². The molecule has 0 aromatic heterocycles. The Morgan fingerprint density at radius 3 is 1.46 bits per heavy atom. The van der Waals surface area contributed by atoms with Crippen LogP contribution in [0.4, 0.5) is 0 Å². The van der Waals surface area contributed by atoms with Crippen LogP contribution in [0.2, 0.25) is 0 Å². The zero-order chi connectivity index (χ0) is 40.0. The fourth-order valence-corrected chi connectivity index (χ4v) is 7.36. The van der Waals surface area contributed by atoms with Gasteiger partial charge >= 0.3 is 19.8 Å². The van der Waals surface area contributed by atoms with Gasteiger partial charge in [0.05, 0.1) is 6.61 Å². The molecule has 6 atom stereocenters. The fourth-order valence-electron chi connectivity index (χ4n) is 6.39. The van der Waals surface area contributed by atoms with Crippen LogP contribution in [0.25, 0.3) is 0 Å². The Bertz CT molecular complexity index is 1010. The van der Waals surface area contributed by atoms with E-state index >= 15 is 0 Å². The number of hydrogen-bond acceptors (Lipinski definition) is 12. The predicted octanol–water partition coefficient (Wildman–Crippen LogP) is 7.11. The van der Waals surface area contributed by atoms with Crippen molar-refractivity contribution >= 4 is 19.8 Å². The Morgan fingerprint density at radius 1 is 0.556 bits per heavy atom. The average molecular weight is 795 g/mol. The highest BCUT2D eigenvalue weighted by Crippen LogP contribution is 2.47. The monoisotopic (exact) mass is 794 g/mol. The molecule has 54 heavy (non-hydrogen) atoms. The zero-order valence-corrected chi connectivity index (χ0v) is 34.2. The SMILES string of the molecule is CCCCC=CCCCCCCCC(=O)OC(COC(=O)CCCCCCCCCCCCCCCC)COP(=O)(O)OC1C(O)C(O)C(O)C(O)C1O. The van der Waals surface area contributed by atoms with E-state index in [0.717, 1.165) is 57.8 Å². The van der Waals surface area contributed by atoms with Crippen molar-refractivity contribution in [2.24, 2.45) is 0 Å². The van der Waals surface area contributed by atoms with Gasteiger partial charge in [0.2, 0.25) is 0 Å². The minimum Gasteiger partial charge on any atom is -0.462 e. The zero-order valence-electron chi connectivity index (χ0n) is 33.3. The maximum Gasteiger partial charge on any atom is 0.472 e. The van der Waals surface area contributed by atoms with Gasteiger partial charge in [0.15, 0.2) is 6.10 Å². The third-order valence-corrected chi connectivity index (χ3v) is 10.8. The number of hydrogen-bond donors (Lipinski definition) is 6. The Morgan fingerprint density at radius 2 is 0.963 bits per heavy atom. The van der Waals surface area contributed by atoms with E-state index in [1.54, 1.807) is 0 Å². The molecule has 6 unspecified atom stereocenters. The Labute approximate surface area is 324 Å². The summed E-state index contributed by atoms with van der Waals surface area (Å²) < 4.78 is 33.4. The number of phosphoric ester groups is 1.